The number of hydrogen-bond acceptors (Lipinski definition) is 3. The van der Waals surface area contributed by atoms with E-state index in [1.165, 1.54) is 0 Å². The molecule has 0 aliphatic carbocycles. The van der Waals surface area contributed by atoms with Crippen molar-refractivity contribution >= 4 is 23.0 Å². The largest absolute Gasteiger partial charge is 0.455 e. The Morgan fingerprint density at radius 1 is 1.03 bits per heavy atom. The third-order valence-electron chi connectivity index (χ3n) is 5.02. The Kier molecular flexibility index (Phi) is 6.57. The van der Waals surface area contributed by atoms with Crippen molar-refractivity contribution in [3.05, 3.63) is 105 Å². The molecule has 6 heteroatoms. The molecule has 1 heterocycles. The van der Waals surface area contributed by atoms with Crippen LogP contribution in [0.15, 0.2) is 88.6 Å². The summed E-state index contributed by atoms with van der Waals surface area (Å²) in [5, 5.41) is 3.81. The lowest BCUT2D eigenvalue weighted by Crippen LogP contribution is -2.19. The molecule has 0 amide bonds. The molecule has 0 unspecified atom stereocenters. The molecule has 4 aromatic rings. The van der Waals surface area contributed by atoms with Gasteiger partial charge in [-0.1, -0.05) is 61.3 Å². The number of H-pyrrole nitrogens is 1. The maximum Gasteiger partial charge on any atom is 0.280 e. The molecule has 0 saturated carbocycles. The number of hydrogen-bond donors (Lipinski definition) is 1. The number of aromatic nitrogens is 2. The molecule has 0 atom stereocenters. The van der Waals surface area contributed by atoms with Gasteiger partial charge in [-0.05, 0) is 55.8 Å². The molecule has 0 aliphatic rings. The number of nitrogens with one attached hydrogen (secondary N) is 1. The lowest BCUT2D eigenvalue weighted by Gasteiger charge is -2.10. The Morgan fingerprint density at radius 3 is 2.41 bits per heavy atom. The van der Waals surface area contributed by atoms with E-state index in [1.54, 1.807) is 22.9 Å². The minimum absolute atomic E-state index is 0.131. The molecule has 0 radical (unpaired) electrons. The van der Waals surface area contributed by atoms with Gasteiger partial charge in [0.05, 0.1) is 17.0 Å². The highest BCUT2D eigenvalue weighted by Crippen LogP contribution is 2.34. The summed E-state index contributed by atoms with van der Waals surface area (Å²) in [7, 11) is 0. The number of ether oxygens (including phenoxy) is 1. The van der Waals surface area contributed by atoms with Crippen LogP contribution in [-0.4, -0.2) is 15.5 Å². The number of aromatic amines is 1. The zero-order valence-electron chi connectivity index (χ0n) is 18.0. The van der Waals surface area contributed by atoms with Crippen LogP contribution in [0.2, 0.25) is 5.02 Å². The van der Waals surface area contributed by atoms with Gasteiger partial charge in [0.2, 0.25) is 0 Å². The van der Waals surface area contributed by atoms with E-state index in [9.17, 15) is 4.79 Å². The van der Waals surface area contributed by atoms with E-state index in [0.29, 0.717) is 33.5 Å². The van der Waals surface area contributed by atoms with E-state index in [2.05, 4.69) is 12.0 Å². The normalized spacial score (nSPS) is 11.5. The van der Waals surface area contributed by atoms with Crippen LogP contribution in [0.1, 0.15) is 31.5 Å². The van der Waals surface area contributed by atoms with Crippen LogP contribution in [0.25, 0.3) is 5.69 Å². The molecular formula is C26H24ClN3O2. The maximum atomic E-state index is 13.3. The highest BCUT2D eigenvalue weighted by molar-refractivity contribution is 6.31. The highest BCUT2D eigenvalue weighted by Gasteiger charge is 2.18. The van der Waals surface area contributed by atoms with Gasteiger partial charge in [0.1, 0.15) is 11.4 Å². The number of aryl methyl sites for hydroxylation is 1. The van der Waals surface area contributed by atoms with E-state index in [-0.39, 0.29) is 5.56 Å². The molecule has 3 aromatic carbocycles. The average Bonchev–Trinajstić information content (AvgIpc) is 3.13. The van der Waals surface area contributed by atoms with Crippen LogP contribution < -0.4 is 10.3 Å². The smallest absolute Gasteiger partial charge is 0.280 e. The molecule has 4 rings (SSSR count). The molecule has 32 heavy (non-hydrogen) atoms. The summed E-state index contributed by atoms with van der Waals surface area (Å²) in [4.78, 5) is 18.1. The Hall–Kier alpha value is -3.57. The zero-order valence-corrected chi connectivity index (χ0v) is 18.8. The molecule has 1 N–H and O–H groups in total. The summed E-state index contributed by atoms with van der Waals surface area (Å²) in [6, 6.07) is 24.3. The monoisotopic (exact) mass is 445 g/mol. The van der Waals surface area contributed by atoms with Crippen molar-refractivity contribution < 1.29 is 4.74 Å². The first kappa shape index (κ1) is 21.7. The van der Waals surface area contributed by atoms with E-state index in [4.69, 9.17) is 21.3 Å². The molecule has 0 spiro atoms. The third-order valence-corrected chi connectivity index (χ3v) is 5.26. The van der Waals surface area contributed by atoms with E-state index < -0.39 is 0 Å². The van der Waals surface area contributed by atoms with Gasteiger partial charge in [-0.25, -0.2) is 9.67 Å². The Bertz CT molecular complexity index is 1290. The third kappa shape index (κ3) is 4.68. The predicted molar refractivity (Wildman–Crippen MR) is 130 cm³/mol. The quantitative estimate of drug-likeness (QED) is 0.321. The first-order chi connectivity index (χ1) is 15.6. The second-order valence-corrected chi connectivity index (χ2v) is 7.85. The van der Waals surface area contributed by atoms with Gasteiger partial charge in [-0.15, -0.1) is 0 Å². The average molecular weight is 446 g/mol. The van der Waals surface area contributed by atoms with Crippen molar-refractivity contribution in [1.82, 2.24) is 9.78 Å². The van der Waals surface area contributed by atoms with Gasteiger partial charge >= 0.3 is 0 Å². The molecule has 0 aliphatic heterocycles. The Balaban J connectivity index is 1.79. The van der Waals surface area contributed by atoms with Gasteiger partial charge in [-0.2, -0.15) is 0 Å². The zero-order chi connectivity index (χ0) is 22.5. The van der Waals surface area contributed by atoms with Crippen LogP contribution in [0.4, 0.5) is 5.69 Å². The maximum absolute atomic E-state index is 13.3. The Labute approximate surface area is 192 Å². The molecule has 5 nitrogen and oxygen atoms in total. The summed E-state index contributed by atoms with van der Waals surface area (Å²) in [5.41, 5.74) is 3.24. The summed E-state index contributed by atoms with van der Waals surface area (Å²) in [6.07, 6.45) is 1.63. The molecule has 162 valence electrons. The van der Waals surface area contributed by atoms with E-state index in [1.807, 2.05) is 67.6 Å². The molecule has 0 bridgehead atoms. The summed E-state index contributed by atoms with van der Waals surface area (Å²) >= 11 is 6.25. The van der Waals surface area contributed by atoms with Crippen molar-refractivity contribution in [2.75, 3.05) is 0 Å². The Morgan fingerprint density at radius 2 is 1.72 bits per heavy atom. The fourth-order valence-corrected chi connectivity index (χ4v) is 3.73. The molecule has 0 saturated heterocycles. The second-order valence-electron chi connectivity index (χ2n) is 7.42. The van der Waals surface area contributed by atoms with Crippen LogP contribution in [0, 0.1) is 0 Å². The van der Waals surface area contributed by atoms with Crippen molar-refractivity contribution in [2.45, 2.75) is 26.7 Å². The van der Waals surface area contributed by atoms with Gasteiger partial charge in [-0.3, -0.25) is 9.89 Å². The van der Waals surface area contributed by atoms with Gasteiger partial charge in [0, 0.05) is 10.7 Å². The SMILES string of the molecule is CCCc1[nH]n(-c2ccccc2)c(=O)c1C(C)=Nc1cc(Cl)ccc1Oc1ccccc1. The van der Waals surface area contributed by atoms with Crippen LogP contribution in [0.5, 0.6) is 11.5 Å². The number of rotatable bonds is 7. The van der Waals surface area contributed by atoms with Crippen molar-refractivity contribution in [3.8, 4) is 17.2 Å². The van der Waals surface area contributed by atoms with Crippen LogP contribution in [0.3, 0.4) is 0 Å². The fourth-order valence-electron chi connectivity index (χ4n) is 3.56. The van der Waals surface area contributed by atoms with Gasteiger partial charge in [0.25, 0.3) is 5.56 Å². The topological polar surface area (TPSA) is 59.4 Å². The number of aliphatic imine (C=N–C) groups is 1. The second kappa shape index (κ2) is 9.71. The number of para-hydroxylation sites is 2. The number of halogens is 1. The highest BCUT2D eigenvalue weighted by atomic mass is 35.5. The van der Waals surface area contributed by atoms with Crippen LogP contribution >= 0.6 is 11.6 Å². The minimum Gasteiger partial charge on any atom is -0.455 e. The first-order valence-corrected chi connectivity index (χ1v) is 10.9. The van der Waals surface area contributed by atoms with Crippen molar-refractivity contribution in [3.63, 3.8) is 0 Å². The molecular weight excluding hydrogens is 422 g/mol. The van der Waals surface area contributed by atoms with E-state index in [0.717, 1.165) is 24.2 Å². The number of benzene rings is 3. The predicted octanol–water partition coefficient (Wildman–Crippen LogP) is 6.70. The van der Waals surface area contributed by atoms with Crippen molar-refractivity contribution in [1.29, 1.82) is 0 Å². The van der Waals surface area contributed by atoms with Gasteiger partial charge < -0.3 is 4.74 Å². The summed E-state index contributed by atoms with van der Waals surface area (Å²) in [5.74, 6) is 1.26. The fraction of sp³-hybridized carbons (Fsp3) is 0.154. The van der Waals surface area contributed by atoms with E-state index >= 15 is 0 Å². The lowest BCUT2D eigenvalue weighted by molar-refractivity contribution is 0.484. The first-order valence-electron chi connectivity index (χ1n) is 10.5. The summed E-state index contributed by atoms with van der Waals surface area (Å²) < 4.78 is 7.60. The van der Waals surface area contributed by atoms with Gasteiger partial charge in [0.15, 0.2) is 5.75 Å². The summed E-state index contributed by atoms with van der Waals surface area (Å²) in [6.45, 7) is 3.92. The standard InChI is InChI=1S/C26H24ClN3O2/c1-3-10-22-25(26(31)30(29-22)20-11-6-4-7-12-20)18(2)28-23-17-19(27)15-16-24(23)32-21-13-8-5-9-14-21/h4-9,11-17,29H,3,10H2,1-2H3. The number of nitrogens with zero attached hydrogens (tertiary/aromatic N) is 2. The molecule has 0 fully saturated rings. The van der Waals surface area contributed by atoms with Crippen LogP contribution in [-0.2, 0) is 6.42 Å². The minimum atomic E-state index is -0.131. The molecule has 1 aromatic heterocycles. The van der Waals surface area contributed by atoms with Crippen molar-refractivity contribution in [2.24, 2.45) is 4.99 Å². The lowest BCUT2D eigenvalue weighted by atomic mass is 10.1.